The van der Waals surface area contributed by atoms with Crippen molar-refractivity contribution < 1.29 is 9.18 Å². The van der Waals surface area contributed by atoms with Gasteiger partial charge in [0.15, 0.2) is 0 Å². The number of para-hydroxylation sites is 1. The van der Waals surface area contributed by atoms with Gasteiger partial charge in [-0.3, -0.25) is 9.78 Å². The van der Waals surface area contributed by atoms with E-state index in [-0.39, 0.29) is 11.7 Å². The minimum Gasteiger partial charge on any atom is -0.404 e. The second kappa shape index (κ2) is 7.34. The Balaban J connectivity index is 1.62. The lowest BCUT2D eigenvalue weighted by Crippen LogP contribution is -2.41. The van der Waals surface area contributed by atoms with Crippen LogP contribution in [0.15, 0.2) is 55.1 Å². The van der Waals surface area contributed by atoms with Crippen LogP contribution in [0, 0.1) is 5.82 Å². The van der Waals surface area contributed by atoms with Gasteiger partial charge in [0.2, 0.25) is 0 Å². The first kappa shape index (κ1) is 18.4. The highest BCUT2D eigenvalue weighted by molar-refractivity contribution is 7.18. The van der Waals surface area contributed by atoms with E-state index in [9.17, 15) is 9.18 Å². The van der Waals surface area contributed by atoms with E-state index in [0.29, 0.717) is 40.5 Å². The van der Waals surface area contributed by atoms with Crippen molar-refractivity contribution in [2.24, 2.45) is 5.73 Å². The molecule has 0 saturated heterocycles. The molecule has 7 nitrogen and oxygen atoms in total. The Morgan fingerprint density at radius 2 is 2.17 bits per heavy atom. The fraction of sp³-hybridized carbons (Fsp3) is 0.143. The Morgan fingerprint density at radius 3 is 2.93 bits per heavy atom. The number of amides is 1. The smallest absolute Gasteiger partial charge is 0.258 e. The number of fused-ring (bicyclic) bond motifs is 2. The molecule has 3 aromatic heterocycles. The molecule has 4 heterocycles. The third-order valence-electron chi connectivity index (χ3n) is 5.14. The lowest BCUT2D eigenvalue weighted by atomic mass is 10.0. The number of nitrogens with one attached hydrogen (secondary N) is 1. The number of H-pyrrole nitrogens is 1. The highest BCUT2D eigenvalue weighted by Crippen LogP contribution is 2.39. The summed E-state index contributed by atoms with van der Waals surface area (Å²) >= 11 is 1.36. The van der Waals surface area contributed by atoms with Crippen LogP contribution in [0.4, 0.5) is 4.39 Å². The lowest BCUT2D eigenvalue weighted by molar-refractivity contribution is -0.127. The number of aromatic amines is 1. The Hall–Kier alpha value is -3.59. The average molecular weight is 420 g/mol. The minimum atomic E-state index is -0.539. The lowest BCUT2D eigenvalue weighted by Gasteiger charge is -2.34. The van der Waals surface area contributed by atoms with E-state index in [4.69, 9.17) is 5.73 Å². The Morgan fingerprint density at radius 1 is 1.27 bits per heavy atom. The van der Waals surface area contributed by atoms with Gasteiger partial charge in [-0.05, 0) is 24.3 Å². The predicted octanol–water partition coefficient (Wildman–Crippen LogP) is 3.03. The number of hydrogen-bond acceptors (Lipinski definition) is 6. The first-order valence-corrected chi connectivity index (χ1v) is 10.2. The maximum atomic E-state index is 14.3. The molecule has 0 spiro atoms. The van der Waals surface area contributed by atoms with Gasteiger partial charge in [-0.1, -0.05) is 12.1 Å². The van der Waals surface area contributed by atoms with Crippen molar-refractivity contribution in [3.05, 3.63) is 83.0 Å². The molecule has 3 N–H and O–H groups in total. The Labute approximate surface area is 175 Å². The fourth-order valence-corrected chi connectivity index (χ4v) is 4.84. The number of nitrogens with zero attached hydrogens (tertiary/aromatic N) is 4. The number of nitrogens with two attached hydrogens (primary N) is 1. The molecule has 1 aromatic carbocycles. The summed E-state index contributed by atoms with van der Waals surface area (Å²) in [6.45, 7) is 0.446. The van der Waals surface area contributed by atoms with Crippen molar-refractivity contribution in [3.8, 4) is 0 Å². The zero-order chi connectivity index (χ0) is 20.7. The number of thiazole rings is 1. The van der Waals surface area contributed by atoms with Gasteiger partial charge in [-0.25, -0.2) is 14.4 Å². The predicted molar refractivity (Wildman–Crippen MR) is 112 cm³/mol. The van der Waals surface area contributed by atoms with Crippen LogP contribution in [0.2, 0.25) is 0 Å². The second-order valence-electron chi connectivity index (χ2n) is 6.85. The molecule has 0 unspecified atom stereocenters. The highest BCUT2D eigenvalue weighted by atomic mass is 32.1. The molecule has 30 heavy (non-hydrogen) atoms. The van der Waals surface area contributed by atoms with Crippen molar-refractivity contribution in [2.45, 2.75) is 12.5 Å². The quantitative estimate of drug-likeness (QED) is 0.496. The van der Waals surface area contributed by atoms with Crippen LogP contribution in [0.3, 0.4) is 0 Å². The van der Waals surface area contributed by atoms with Gasteiger partial charge < -0.3 is 15.6 Å². The summed E-state index contributed by atoms with van der Waals surface area (Å²) in [4.78, 5) is 31.6. The summed E-state index contributed by atoms with van der Waals surface area (Å²) < 4.78 is 15.0. The Kier molecular flexibility index (Phi) is 4.51. The van der Waals surface area contributed by atoms with Gasteiger partial charge in [0.1, 0.15) is 22.4 Å². The number of carbonyl (C=O) groups excluding carboxylic acids is 1. The molecule has 0 radical (unpaired) electrons. The van der Waals surface area contributed by atoms with Crippen LogP contribution in [0.1, 0.15) is 28.1 Å². The maximum Gasteiger partial charge on any atom is 0.258 e. The van der Waals surface area contributed by atoms with Gasteiger partial charge in [0.25, 0.3) is 5.91 Å². The van der Waals surface area contributed by atoms with Crippen LogP contribution >= 0.6 is 11.3 Å². The van der Waals surface area contributed by atoms with Crippen LogP contribution in [0.25, 0.3) is 15.8 Å². The molecule has 1 amide bonds. The van der Waals surface area contributed by atoms with E-state index in [1.54, 1.807) is 41.7 Å². The summed E-state index contributed by atoms with van der Waals surface area (Å²) in [6, 6.07) is 9.63. The molecule has 0 aliphatic carbocycles. The number of carbonyl (C=O) groups is 1. The van der Waals surface area contributed by atoms with Crippen molar-refractivity contribution in [1.29, 1.82) is 0 Å². The molecule has 0 bridgehead atoms. The topological polar surface area (TPSA) is 101 Å². The summed E-state index contributed by atoms with van der Waals surface area (Å²) in [5.41, 5.74) is 8.57. The molecule has 1 atom stereocenters. The second-order valence-corrected chi connectivity index (χ2v) is 7.91. The zero-order valence-electron chi connectivity index (χ0n) is 15.7. The Bertz CT molecular complexity index is 1260. The number of rotatable bonds is 3. The third-order valence-corrected chi connectivity index (χ3v) is 6.22. The van der Waals surface area contributed by atoms with Crippen molar-refractivity contribution in [2.75, 3.05) is 6.54 Å². The molecule has 1 aliphatic rings. The highest BCUT2D eigenvalue weighted by Gasteiger charge is 2.37. The normalized spacial score (nSPS) is 16.6. The van der Waals surface area contributed by atoms with Crippen molar-refractivity contribution in [1.82, 2.24) is 24.8 Å². The van der Waals surface area contributed by atoms with Gasteiger partial charge in [0.05, 0.1) is 28.0 Å². The molecule has 4 aromatic rings. The molecule has 0 fully saturated rings. The summed E-state index contributed by atoms with van der Waals surface area (Å²) in [7, 11) is 0. The van der Waals surface area contributed by atoms with E-state index in [2.05, 4.69) is 19.9 Å². The molecular formula is C21H17FN6OS. The molecular weight excluding hydrogens is 403 g/mol. The van der Waals surface area contributed by atoms with Gasteiger partial charge in [-0.15, -0.1) is 11.3 Å². The van der Waals surface area contributed by atoms with E-state index >= 15 is 0 Å². The standard InChI is InChI=1S/C21H17FN6OS/c22-13-4-3-6-16-17(13)27-20(30-16)19-18-15(25-11-26-18)7-9-28(19)21(29)12(10-23)14-5-1-2-8-24-14/h1-6,8,10-11,19H,7,9,23H2,(H,25,26)/b12-10+/t19-/m0/s1. The van der Waals surface area contributed by atoms with Crippen LogP contribution in [-0.2, 0) is 11.2 Å². The van der Waals surface area contributed by atoms with E-state index in [1.165, 1.54) is 23.6 Å². The summed E-state index contributed by atoms with van der Waals surface area (Å²) in [6.07, 6.45) is 5.12. The SMILES string of the molecule is N/C=C(/C(=O)N1CCc2[nH]cnc2[C@H]1c1nc2c(F)cccc2s1)c1ccccn1. The fourth-order valence-electron chi connectivity index (χ4n) is 3.74. The van der Waals surface area contributed by atoms with Crippen LogP contribution in [-0.4, -0.2) is 37.3 Å². The maximum absolute atomic E-state index is 14.3. The van der Waals surface area contributed by atoms with E-state index in [1.807, 2.05) is 6.07 Å². The largest absolute Gasteiger partial charge is 0.404 e. The summed E-state index contributed by atoms with van der Waals surface area (Å²) in [5.74, 6) is -0.656. The molecule has 0 saturated carbocycles. The molecule has 9 heteroatoms. The number of halogens is 1. The first-order valence-electron chi connectivity index (χ1n) is 9.38. The van der Waals surface area contributed by atoms with Crippen LogP contribution in [0.5, 0.6) is 0 Å². The van der Waals surface area contributed by atoms with Gasteiger partial charge in [0, 0.05) is 31.1 Å². The average Bonchev–Trinajstić information content (AvgIpc) is 3.42. The van der Waals surface area contributed by atoms with E-state index in [0.717, 1.165) is 10.4 Å². The van der Waals surface area contributed by atoms with Gasteiger partial charge in [-0.2, -0.15) is 0 Å². The monoisotopic (exact) mass is 420 g/mol. The summed E-state index contributed by atoms with van der Waals surface area (Å²) in [5, 5.41) is 0.605. The third kappa shape index (κ3) is 2.94. The minimum absolute atomic E-state index is 0.269. The van der Waals surface area contributed by atoms with Crippen molar-refractivity contribution >= 4 is 33.0 Å². The first-order chi connectivity index (χ1) is 14.7. The zero-order valence-corrected chi connectivity index (χ0v) is 16.6. The molecule has 1 aliphatic heterocycles. The number of pyridine rings is 1. The number of hydrogen-bond donors (Lipinski definition) is 2. The number of imidazole rings is 1. The molecule has 5 rings (SSSR count). The van der Waals surface area contributed by atoms with Crippen molar-refractivity contribution in [3.63, 3.8) is 0 Å². The van der Waals surface area contributed by atoms with Gasteiger partial charge >= 0.3 is 0 Å². The van der Waals surface area contributed by atoms with E-state index < -0.39 is 6.04 Å². The number of aromatic nitrogens is 4. The number of benzene rings is 1. The van der Waals surface area contributed by atoms with Crippen LogP contribution < -0.4 is 5.73 Å². The molecule has 150 valence electrons.